The van der Waals surface area contributed by atoms with Crippen LogP contribution in [-0.2, 0) is 27.9 Å². The van der Waals surface area contributed by atoms with Crippen LogP contribution in [0.1, 0.15) is 19.5 Å². The summed E-state index contributed by atoms with van der Waals surface area (Å²) in [5.74, 6) is -0.561. The molecule has 1 saturated heterocycles. The molecular weight excluding hydrogens is 320 g/mol. The van der Waals surface area contributed by atoms with E-state index < -0.39 is 5.79 Å². The number of halogens is 1. The Bertz CT molecular complexity index is 559. The van der Waals surface area contributed by atoms with E-state index in [0.717, 1.165) is 4.90 Å². The molecule has 0 unspecified atom stereocenters. The van der Waals surface area contributed by atoms with Crippen molar-refractivity contribution in [3.63, 3.8) is 0 Å². The maximum Gasteiger partial charge on any atom is 0.278 e. The quantitative estimate of drug-likeness (QED) is 0.769. The van der Waals surface area contributed by atoms with Gasteiger partial charge in [-0.2, -0.15) is 5.10 Å². The number of nitrogens with one attached hydrogen (secondary N) is 1. The van der Waals surface area contributed by atoms with Crippen molar-refractivity contribution in [1.82, 2.24) is 14.7 Å². The van der Waals surface area contributed by atoms with Gasteiger partial charge in [0.25, 0.3) is 5.91 Å². The van der Waals surface area contributed by atoms with Gasteiger partial charge in [-0.1, -0.05) is 11.6 Å². The molecule has 1 amide bonds. The number of rotatable bonds is 6. The lowest BCUT2D eigenvalue weighted by Crippen LogP contribution is -3.07. The first kappa shape index (κ1) is 18.2. The van der Waals surface area contributed by atoms with E-state index in [4.69, 9.17) is 21.1 Å². The summed E-state index contributed by atoms with van der Waals surface area (Å²) in [5.41, 5.74) is 0.689. The van der Waals surface area contributed by atoms with Crippen molar-refractivity contribution in [2.45, 2.75) is 32.3 Å². The average Bonchev–Trinajstić information content (AvgIpc) is 2.90. The minimum Gasteiger partial charge on any atom is -0.348 e. The summed E-state index contributed by atoms with van der Waals surface area (Å²) in [5, 5.41) is 4.89. The normalized spacial score (nSPS) is 20.2. The summed E-state index contributed by atoms with van der Waals surface area (Å²) >= 11 is 6.18. The molecule has 0 bridgehead atoms. The molecule has 0 spiro atoms. The van der Waals surface area contributed by atoms with Crippen molar-refractivity contribution in [3.05, 3.63) is 16.9 Å². The fourth-order valence-electron chi connectivity index (χ4n) is 2.56. The van der Waals surface area contributed by atoms with Gasteiger partial charge in [-0.3, -0.25) is 9.48 Å². The second kappa shape index (κ2) is 7.17. The number of amides is 1. The van der Waals surface area contributed by atoms with E-state index in [0.29, 0.717) is 37.0 Å². The molecule has 0 saturated carbocycles. The zero-order valence-corrected chi connectivity index (χ0v) is 15.2. The van der Waals surface area contributed by atoms with Crippen LogP contribution in [0.25, 0.3) is 0 Å². The van der Waals surface area contributed by atoms with E-state index in [-0.39, 0.29) is 12.0 Å². The molecule has 8 heteroatoms. The second-order valence-electron chi connectivity index (χ2n) is 6.71. The van der Waals surface area contributed by atoms with E-state index in [1.165, 1.54) is 0 Å². The lowest BCUT2D eigenvalue weighted by atomic mass is 10.3. The van der Waals surface area contributed by atoms with E-state index >= 15 is 0 Å². The number of quaternary nitrogens is 1. The molecule has 1 aromatic heterocycles. The Kier molecular flexibility index (Phi) is 5.67. The fourth-order valence-corrected chi connectivity index (χ4v) is 2.80. The number of hydrogen-bond acceptors (Lipinski definition) is 4. The maximum atomic E-state index is 12.6. The largest absolute Gasteiger partial charge is 0.348 e. The van der Waals surface area contributed by atoms with Gasteiger partial charge in [-0.15, -0.1) is 0 Å². The first-order chi connectivity index (χ1) is 10.7. The number of aromatic nitrogens is 2. The molecule has 1 fully saturated rings. The molecule has 1 aliphatic heterocycles. The molecule has 23 heavy (non-hydrogen) atoms. The number of aryl methyl sites for hydroxylation is 1. The Balaban J connectivity index is 2.08. The van der Waals surface area contributed by atoms with Gasteiger partial charge >= 0.3 is 0 Å². The van der Waals surface area contributed by atoms with Crippen LogP contribution in [0.3, 0.4) is 0 Å². The first-order valence-electron chi connectivity index (χ1n) is 7.73. The van der Waals surface area contributed by atoms with Crippen LogP contribution in [-0.4, -0.2) is 66.3 Å². The number of ether oxygens (including phenoxy) is 2. The standard InChI is InChI=1S/C15H25ClN4O3/c1-15(2)22-10-11(23-15)6-20(14(21)9-18(3)4)8-13-12(16)7-19(5)17-13/h7,11H,6,8-10H2,1-5H3/p+1/t11-/m0/s1. The molecule has 0 aliphatic carbocycles. The summed E-state index contributed by atoms with van der Waals surface area (Å²) < 4.78 is 13.1. The predicted molar refractivity (Wildman–Crippen MR) is 86.2 cm³/mol. The van der Waals surface area contributed by atoms with Gasteiger partial charge in [-0.05, 0) is 13.8 Å². The number of carbonyl (C=O) groups excluding carboxylic acids is 1. The van der Waals surface area contributed by atoms with Gasteiger partial charge in [0.15, 0.2) is 12.3 Å². The Morgan fingerprint density at radius 1 is 1.57 bits per heavy atom. The number of nitrogens with zero attached hydrogens (tertiary/aromatic N) is 3. The zero-order valence-electron chi connectivity index (χ0n) is 14.4. The SMILES string of the molecule is Cn1cc(Cl)c(CN(C[C@H]2COC(C)(C)O2)C(=O)C[NH+](C)C)n1. The summed E-state index contributed by atoms with van der Waals surface area (Å²) in [6, 6.07) is 0. The van der Waals surface area contributed by atoms with Gasteiger partial charge < -0.3 is 19.3 Å². The highest BCUT2D eigenvalue weighted by Crippen LogP contribution is 2.23. The van der Waals surface area contributed by atoms with Crippen molar-refractivity contribution in [3.8, 4) is 0 Å². The van der Waals surface area contributed by atoms with Gasteiger partial charge in [0.05, 0.1) is 32.3 Å². The highest BCUT2D eigenvalue weighted by Gasteiger charge is 2.35. The third-order valence-corrected chi connectivity index (χ3v) is 3.86. The number of likely N-dealkylation sites (N-methyl/N-ethyl adjacent to an activating group) is 1. The van der Waals surface area contributed by atoms with Crippen molar-refractivity contribution >= 4 is 17.5 Å². The van der Waals surface area contributed by atoms with Crippen molar-refractivity contribution in [2.24, 2.45) is 7.05 Å². The molecule has 130 valence electrons. The molecule has 1 aromatic rings. The lowest BCUT2D eigenvalue weighted by Gasteiger charge is -2.25. The molecule has 2 heterocycles. The molecule has 2 rings (SSSR count). The lowest BCUT2D eigenvalue weighted by molar-refractivity contribution is -0.849. The van der Waals surface area contributed by atoms with E-state index in [1.807, 2.05) is 35.0 Å². The van der Waals surface area contributed by atoms with Crippen molar-refractivity contribution in [1.29, 1.82) is 0 Å². The monoisotopic (exact) mass is 345 g/mol. The number of carbonyl (C=O) groups is 1. The van der Waals surface area contributed by atoms with E-state index in [9.17, 15) is 4.79 Å². The second-order valence-corrected chi connectivity index (χ2v) is 7.11. The zero-order chi connectivity index (χ0) is 17.2. The third-order valence-electron chi connectivity index (χ3n) is 3.54. The summed E-state index contributed by atoms with van der Waals surface area (Å²) in [6.07, 6.45) is 1.59. The first-order valence-corrected chi connectivity index (χ1v) is 8.10. The topological polar surface area (TPSA) is 61.0 Å². The molecule has 1 aliphatic rings. The molecule has 1 atom stereocenters. The Hall–Kier alpha value is -1.15. The predicted octanol–water partition coefficient (Wildman–Crippen LogP) is -0.302. The van der Waals surface area contributed by atoms with Crippen LogP contribution in [0.2, 0.25) is 5.02 Å². The number of hydrogen-bond donors (Lipinski definition) is 1. The van der Waals surface area contributed by atoms with Gasteiger partial charge in [0.1, 0.15) is 11.8 Å². The summed E-state index contributed by atoms with van der Waals surface area (Å²) in [4.78, 5) is 15.4. The van der Waals surface area contributed by atoms with Crippen LogP contribution in [0, 0.1) is 0 Å². The molecule has 0 radical (unpaired) electrons. The smallest absolute Gasteiger partial charge is 0.278 e. The van der Waals surface area contributed by atoms with E-state index in [2.05, 4.69) is 5.10 Å². The fraction of sp³-hybridized carbons (Fsp3) is 0.733. The van der Waals surface area contributed by atoms with Crippen LogP contribution in [0.4, 0.5) is 0 Å². The highest BCUT2D eigenvalue weighted by atomic mass is 35.5. The Morgan fingerprint density at radius 3 is 2.74 bits per heavy atom. The van der Waals surface area contributed by atoms with Crippen molar-refractivity contribution in [2.75, 3.05) is 33.8 Å². The molecule has 0 aromatic carbocycles. The van der Waals surface area contributed by atoms with Crippen LogP contribution in [0.15, 0.2) is 6.20 Å². The minimum atomic E-state index is -0.602. The van der Waals surface area contributed by atoms with Crippen molar-refractivity contribution < 1.29 is 19.2 Å². The minimum absolute atomic E-state index is 0.0417. The van der Waals surface area contributed by atoms with Gasteiger partial charge in [0.2, 0.25) is 0 Å². The maximum absolute atomic E-state index is 12.6. The molecule has 7 nitrogen and oxygen atoms in total. The van der Waals surface area contributed by atoms with Gasteiger partial charge in [-0.25, -0.2) is 0 Å². The van der Waals surface area contributed by atoms with Gasteiger partial charge in [0, 0.05) is 19.8 Å². The summed E-state index contributed by atoms with van der Waals surface area (Å²) in [7, 11) is 5.70. The Morgan fingerprint density at radius 2 is 2.26 bits per heavy atom. The summed E-state index contributed by atoms with van der Waals surface area (Å²) in [6.45, 7) is 5.45. The van der Waals surface area contributed by atoms with Crippen LogP contribution in [0.5, 0.6) is 0 Å². The van der Waals surface area contributed by atoms with E-state index in [1.54, 1.807) is 15.8 Å². The molecule has 1 N–H and O–H groups in total. The molecular formula is C15H26ClN4O3+. The average molecular weight is 346 g/mol. The third kappa shape index (κ3) is 5.17. The Labute approximate surface area is 142 Å². The van der Waals surface area contributed by atoms with Crippen LogP contribution < -0.4 is 4.90 Å². The highest BCUT2D eigenvalue weighted by molar-refractivity contribution is 6.31. The van der Waals surface area contributed by atoms with Crippen LogP contribution >= 0.6 is 11.6 Å².